The number of methoxy groups -OCH3 is 1. The first-order valence-electron chi connectivity index (χ1n) is 9.99. The van der Waals surface area contributed by atoms with Crippen molar-refractivity contribution in [2.24, 2.45) is 0 Å². The largest absolute Gasteiger partial charge is 0.507 e. The van der Waals surface area contributed by atoms with Crippen LogP contribution >= 0.6 is 0 Å². The molecule has 0 aliphatic carbocycles. The van der Waals surface area contributed by atoms with Gasteiger partial charge in [0.2, 0.25) is 0 Å². The van der Waals surface area contributed by atoms with Gasteiger partial charge in [0.1, 0.15) is 33.7 Å². The van der Waals surface area contributed by atoms with Crippen LogP contribution in [0.2, 0.25) is 0 Å². The Balaban J connectivity index is 1.47. The number of aliphatic hydroxyl groups is 1. The zero-order valence-corrected chi connectivity index (χ0v) is 18.1. The lowest BCUT2D eigenvalue weighted by atomic mass is 10.2. The van der Waals surface area contributed by atoms with Crippen LogP contribution in [-0.2, 0) is 0 Å². The van der Waals surface area contributed by atoms with E-state index in [0.29, 0.717) is 17.4 Å². The van der Waals surface area contributed by atoms with Crippen molar-refractivity contribution in [3.63, 3.8) is 0 Å². The Morgan fingerprint density at radius 1 is 1.12 bits per heavy atom. The third kappa shape index (κ3) is 5.01. The van der Waals surface area contributed by atoms with Crippen LogP contribution in [0.3, 0.4) is 0 Å². The van der Waals surface area contributed by atoms with Crippen LogP contribution in [0.25, 0.3) is 24.1 Å². The summed E-state index contributed by atoms with van der Waals surface area (Å²) in [6, 6.07) is 15.8. The van der Waals surface area contributed by atoms with Crippen molar-refractivity contribution in [1.82, 2.24) is 15.0 Å². The van der Waals surface area contributed by atoms with Gasteiger partial charge in [-0.05, 0) is 55.0 Å². The van der Waals surface area contributed by atoms with Crippen LogP contribution in [0.4, 0.5) is 0 Å². The van der Waals surface area contributed by atoms with Crippen LogP contribution in [0, 0.1) is 6.92 Å². The molecule has 0 amide bonds. The maximum atomic E-state index is 12.1. The average Bonchev–Trinajstić information content (AvgIpc) is 3.26. The molecule has 0 radical (unpaired) electrons. The van der Waals surface area contributed by atoms with Gasteiger partial charge < -0.3 is 19.0 Å². The van der Waals surface area contributed by atoms with Crippen molar-refractivity contribution in [2.45, 2.75) is 6.92 Å². The first-order chi connectivity index (χ1) is 15.9. The minimum Gasteiger partial charge on any atom is -0.507 e. The van der Waals surface area contributed by atoms with E-state index in [0.717, 1.165) is 17.0 Å². The molecule has 4 rings (SSSR count). The van der Waals surface area contributed by atoms with Crippen molar-refractivity contribution in [1.29, 1.82) is 0 Å². The average molecular weight is 443 g/mol. The molecule has 0 saturated heterocycles. The summed E-state index contributed by atoms with van der Waals surface area (Å²) in [4.78, 5) is 12.1. The van der Waals surface area contributed by atoms with Crippen molar-refractivity contribution in [3.05, 3.63) is 99.1 Å². The lowest BCUT2D eigenvalue weighted by Gasteiger charge is -2.03. The topological polar surface area (TPSA) is 99.6 Å². The maximum absolute atomic E-state index is 12.1. The molecule has 2 aromatic carbocycles. The number of rotatable bonds is 6. The van der Waals surface area contributed by atoms with E-state index in [1.165, 1.54) is 12.1 Å². The molecule has 166 valence electrons. The fourth-order valence-electron chi connectivity index (χ4n) is 3.12. The molecule has 0 bridgehead atoms. The molecule has 33 heavy (non-hydrogen) atoms. The van der Waals surface area contributed by atoms with E-state index in [1.54, 1.807) is 55.3 Å². The molecular weight excluding hydrogens is 422 g/mol. The van der Waals surface area contributed by atoms with Gasteiger partial charge in [0.25, 0.3) is 5.88 Å². The van der Waals surface area contributed by atoms with Crippen LogP contribution in [0.5, 0.6) is 17.4 Å². The van der Waals surface area contributed by atoms with Crippen molar-refractivity contribution >= 4 is 18.4 Å². The summed E-state index contributed by atoms with van der Waals surface area (Å²) in [5, 5.41) is 18.4. The molecule has 0 fully saturated rings. The molecule has 8 nitrogen and oxygen atoms in total. The Morgan fingerprint density at radius 3 is 2.48 bits per heavy atom. The summed E-state index contributed by atoms with van der Waals surface area (Å²) in [5.74, 6) is 1.88. The molecule has 0 atom stereocenters. The van der Waals surface area contributed by atoms with Gasteiger partial charge in [0, 0.05) is 6.07 Å². The van der Waals surface area contributed by atoms with Crippen LogP contribution in [0.15, 0.2) is 76.1 Å². The van der Waals surface area contributed by atoms with E-state index in [-0.39, 0.29) is 21.8 Å². The van der Waals surface area contributed by atoms with Crippen LogP contribution in [0.1, 0.15) is 11.3 Å². The molecule has 0 saturated carbocycles. The molecule has 0 aliphatic heterocycles. The standard InChI is InChI=1S/C25H21N3O5/c1-16-14-23(30)25(17(2)32-16)22(29)13-6-18-4-9-21(10-5-18)33-24-15-28(27-26-24)19-7-11-20(31-3)12-8-19/h4-15,29H,2H2,1,3H3/b13-6+,25-22-. The lowest BCUT2D eigenvalue weighted by Crippen LogP contribution is -2.39. The fraction of sp³-hybridized carbons (Fsp3) is 0.0800. The van der Waals surface area contributed by atoms with Crippen LogP contribution < -0.4 is 25.5 Å². The molecule has 1 N–H and O–H groups in total. The molecule has 0 spiro atoms. The molecule has 2 aromatic heterocycles. The molecule has 0 aliphatic rings. The summed E-state index contributed by atoms with van der Waals surface area (Å²) in [6.07, 6.45) is 4.76. The number of hydrogen-bond acceptors (Lipinski definition) is 7. The molecule has 2 heterocycles. The third-order valence-corrected chi connectivity index (χ3v) is 4.75. The Bertz CT molecular complexity index is 1430. The van der Waals surface area contributed by atoms with E-state index in [1.807, 2.05) is 24.3 Å². The zero-order chi connectivity index (χ0) is 23.4. The Labute approximate surface area is 189 Å². The highest BCUT2D eigenvalue weighted by molar-refractivity contribution is 5.62. The molecule has 0 unspecified atom stereocenters. The van der Waals surface area contributed by atoms with Gasteiger partial charge >= 0.3 is 0 Å². The van der Waals surface area contributed by atoms with Crippen LogP contribution in [-0.4, -0.2) is 27.2 Å². The van der Waals surface area contributed by atoms with Gasteiger partial charge in [-0.2, -0.15) is 0 Å². The fourth-order valence-corrected chi connectivity index (χ4v) is 3.12. The summed E-state index contributed by atoms with van der Waals surface area (Å²) in [6.45, 7) is 5.33. The van der Waals surface area contributed by atoms with Gasteiger partial charge in [-0.3, -0.25) is 4.79 Å². The summed E-state index contributed by atoms with van der Waals surface area (Å²) in [7, 11) is 1.61. The first-order valence-corrected chi connectivity index (χ1v) is 9.99. The van der Waals surface area contributed by atoms with E-state index in [9.17, 15) is 9.90 Å². The zero-order valence-electron chi connectivity index (χ0n) is 18.1. The van der Waals surface area contributed by atoms with E-state index < -0.39 is 0 Å². The monoisotopic (exact) mass is 443 g/mol. The summed E-state index contributed by atoms with van der Waals surface area (Å²) >= 11 is 0. The van der Waals surface area contributed by atoms with E-state index >= 15 is 0 Å². The smallest absolute Gasteiger partial charge is 0.259 e. The van der Waals surface area contributed by atoms with Crippen molar-refractivity contribution in [2.75, 3.05) is 7.11 Å². The highest BCUT2D eigenvalue weighted by atomic mass is 16.5. The first kappa shape index (κ1) is 21.6. The molecular formula is C25H21N3O5. The number of ether oxygens (including phenoxy) is 2. The van der Waals surface area contributed by atoms with E-state index in [2.05, 4.69) is 16.9 Å². The van der Waals surface area contributed by atoms with Gasteiger partial charge in [-0.25, -0.2) is 4.68 Å². The Kier molecular flexibility index (Phi) is 6.08. The number of hydrogen-bond donors (Lipinski definition) is 1. The second-order valence-electron chi connectivity index (χ2n) is 7.11. The number of aliphatic hydroxyl groups excluding tert-OH is 1. The number of aromatic nitrogens is 3. The summed E-state index contributed by atoms with van der Waals surface area (Å²) in [5.41, 5.74) is 1.38. The third-order valence-electron chi connectivity index (χ3n) is 4.75. The second-order valence-corrected chi connectivity index (χ2v) is 7.11. The van der Waals surface area contributed by atoms with Crippen molar-refractivity contribution < 1.29 is 19.0 Å². The molecule has 8 heteroatoms. The number of aryl methyl sites for hydroxylation is 1. The predicted octanol–water partition coefficient (Wildman–Crippen LogP) is 3.12. The normalized spacial score (nSPS) is 12.1. The second kappa shape index (κ2) is 9.27. The minimum atomic E-state index is -0.350. The maximum Gasteiger partial charge on any atom is 0.259 e. The summed E-state index contributed by atoms with van der Waals surface area (Å²) < 4.78 is 17.8. The predicted molar refractivity (Wildman–Crippen MR) is 124 cm³/mol. The van der Waals surface area contributed by atoms with Crippen molar-refractivity contribution in [3.8, 4) is 23.1 Å². The van der Waals surface area contributed by atoms with Gasteiger partial charge in [0.05, 0.1) is 19.0 Å². The highest BCUT2D eigenvalue weighted by Gasteiger charge is 2.06. The number of benzene rings is 2. The van der Waals surface area contributed by atoms with Gasteiger partial charge in [0.15, 0.2) is 5.43 Å². The minimum absolute atomic E-state index is 0.0387. The number of nitrogens with zero attached hydrogens (tertiary/aromatic N) is 3. The van der Waals surface area contributed by atoms with Gasteiger partial charge in [-0.1, -0.05) is 35.1 Å². The Morgan fingerprint density at radius 2 is 1.82 bits per heavy atom. The lowest BCUT2D eigenvalue weighted by molar-refractivity contribution is 0.414. The SMILES string of the molecule is C=c1oc(C)cc(=O)/c1=C(O)/C=C/c1ccc(Oc2cn(-c3ccc(OC)cc3)nn2)cc1. The van der Waals surface area contributed by atoms with Gasteiger partial charge in [-0.15, -0.1) is 0 Å². The quantitative estimate of drug-likeness (QED) is 0.489. The van der Waals surface area contributed by atoms with E-state index in [4.69, 9.17) is 13.9 Å². The Hall–Kier alpha value is -4.59. The molecule has 4 aromatic rings. The highest BCUT2D eigenvalue weighted by Crippen LogP contribution is 2.21.